The second-order valence-corrected chi connectivity index (χ2v) is 9.12. The molecule has 0 aliphatic carbocycles. The highest BCUT2D eigenvalue weighted by Crippen LogP contribution is 2.31. The highest BCUT2D eigenvalue weighted by molar-refractivity contribution is 5.79. The number of hydrogen-bond donors (Lipinski definition) is 1. The fraction of sp³-hybridized carbons (Fsp3) is 0.444. The van der Waals surface area contributed by atoms with Crippen molar-refractivity contribution in [1.82, 2.24) is 20.4 Å². The number of rotatable bonds is 10. The first-order valence-corrected chi connectivity index (χ1v) is 12.2. The molecule has 1 N–H and O–H groups in total. The molecular weight excluding hydrogens is 460 g/mol. The van der Waals surface area contributed by atoms with Gasteiger partial charge in [-0.15, -0.1) is 0 Å². The van der Waals surface area contributed by atoms with Gasteiger partial charge in [-0.1, -0.05) is 23.4 Å². The van der Waals surface area contributed by atoms with Gasteiger partial charge in [0.2, 0.25) is 17.6 Å². The van der Waals surface area contributed by atoms with E-state index in [4.69, 9.17) is 18.7 Å². The summed E-state index contributed by atoms with van der Waals surface area (Å²) in [7, 11) is 3.19. The van der Waals surface area contributed by atoms with E-state index in [9.17, 15) is 4.79 Å². The number of piperidine rings is 1. The molecule has 3 aromatic rings. The van der Waals surface area contributed by atoms with Crippen LogP contribution in [0, 0.1) is 12.8 Å². The average molecular weight is 495 g/mol. The van der Waals surface area contributed by atoms with Crippen molar-refractivity contribution in [2.75, 3.05) is 33.9 Å². The monoisotopic (exact) mass is 494 g/mol. The molecule has 1 unspecified atom stereocenters. The normalized spacial score (nSPS) is 15.3. The topological polar surface area (TPSA) is 99.0 Å². The molecule has 9 heteroatoms. The van der Waals surface area contributed by atoms with Gasteiger partial charge in [0.1, 0.15) is 12.4 Å². The zero-order chi connectivity index (χ0) is 25.5. The third kappa shape index (κ3) is 6.34. The van der Waals surface area contributed by atoms with Gasteiger partial charge in [0.15, 0.2) is 11.5 Å². The molecule has 36 heavy (non-hydrogen) atoms. The van der Waals surface area contributed by atoms with Gasteiger partial charge in [-0.3, -0.25) is 9.69 Å². The summed E-state index contributed by atoms with van der Waals surface area (Å²) in [5.74, 6) is 3.23. The third-order valence-corrected chi connectivity index (χ3v) is 6.40. The molecule has 0 spiro atoms. The molecule has 1 atom stereocenters. The molecule has 1 aliphatic rings. The number of carbonyl (C=O) groups excluding carboxylic acids is 1. The number of aromatic nitrogens is 2. The van der Waals surface area contributed by atoms with Crippen LogP contribution < -0.4 is 19.5 Å². The van der Waals surface area contributed by atoms with Crippen LogP contribution in [-0.4, -0.2) is 60.9 Å². The van der Waals surface area contributed by atoms with Gasteiger partial charge >= 0.3 is 0 Å². The summed E-state index contributed by atoms with van der Waals surface area (Å²) in [6.07, 6.45) is 1.57. The summed E-state index contributed by atoms with van der Waals surface area (Å²) >= 11 is 0. The number of benzene rings is 2. The van der Waals surface area contributed by atoms with Crippen molar-refractivity contribution >= 4 is 5.91 Å². The number of aryl methyl sites for hydroxylation is 1. The number of methoxy groups -OCH3 is 2. The Hall–Kier alpha value is -3.59. The van der Waals surface area contributed by atoms with E-state index in [2.05, 4.69) is 20.4 Å². The molecular formula is C27H34N4O5. The maximum atomic E-state index is 12.8. The Kier molecular flexibility index (Phi) is 8.43. The lowest BCUT2D eigenvalue weighted by Gasteiger charge is -2.30. The van der Waals surface area contributed by atoms with Crippen molar-refractivity contribution in [1.29, 1.82) is 0 Å². The minimum atomic E-state index is -0.0662. The number of para-hydroxylation sites is 1. The Bertz CT molecular complexity index is 1160. The van der Waals surface area contributed by atoms with E-state index in [0.29, 0.717) is 36.4 Å². The fourth-order valence-electron chi connectivity index (χ4n) is 4.29. The first-order chi connectivity index (χ1) is 17.5. The SMILES string of the molecule is COc1ccc(-c2noc(CN3CCC(C(=O)NC(C)COc4ccccc4C)CC3)n2)cc1OC. The van der Waals surface area contributed by atoms with Gasteiger partial charge < -0.3 is 24.1 Å². The van der Waals surface area contributed by atoms with Gasteiger partial charge in [-0.25, -0.2) is 0 Å². The van der Waals surface area contributed by atoms with Crippen molar-refractivity contribution in [3.05, 3.63) is 53.9 Å². The number of hydrogen-bond acceptors (Lipinski definition) is 8. The molecule has 9 nitrogen and oxygen atoms in total. The van der Waals surface area contributed by atoms with Gasteiger partial charge in [0.25, 0.3) is 0 Å². The lowest BCUT2D eigenvalue weighted by atomic mass is 9.95. The van der Waals surface area contributed by atoms with E-state index < -0.39 is 0 Å². The van der Waals surface area contributed by atoms with Crippen LogP contribution in [0.2, 0.25) is 0 Å². The van der Waals surface area contributed by atoms with Gasteiger partial charge in [-0.05, 0) is 69.6 Å². The molecule has 2 heterocycles. The maximum Gasteiger partial charge on any atom is 0.241 e. The molecule has 1 amide bonds. The zero-order valence-corrected chi connectivity index (χ0v) is 21.3. The van der Waals surface area contributed by atoms with Crippen molar-refractivity contribution in [2.24, 2.45) is 5.92 Å². The van der Waals surface area contributed by atoms with E-state index in [0.717, 1.165) is 42.8 Å². The molecule has 192 valence electrons. The molecule has 1 saturated heterocycles. The Labute approximate surface area is 211 Å². The van der Waals surface area contributed by atoms with Crippen LogP contribution in [-0.2, 0) is 11.3 Å². The van der Waals surface area contributed by atoms with E-state index in [1.165, 1.54) is 0 Å². The van der Waals surface area contributed by atoms with Gasteiger partial charge in [0.05, 0.1) is 26.8 Å². The second kappa shape index (κ2) is 11.9. The molecule has 0 bridgehead atoms. The number of ether oxygens (including phenoxy) is 3. The predicted molar refractivity (Wildman–Crippen MR) is 135 cm³/mol. The fourth-order valence-corrected chi connectivity index (χ4v) is 4.29. The number of nitrogens with zero attached hydrogens (tertiary/aromatic N) is 3. The Morgan fingerprint density at radius 1 is 1.11 bits per heavy atom. The molecule has 1 fully saturated rings. The summed E-state index contributed by atoms with van der Waals surface area (Å²) in [5, 5.41) is 7.22. The standard InChI is InChI=1S/C27H34N4O5/c1-18-7-5-6-8-22(18)35-17-19(2)28-27(32)20-11-13-31(14-12-20)16-25-29-26(30-36-25)21-9-10-23(33-3)24(15-21)34-4/h5-10,15,19-20H,11-14,16-17H2,1-4H3,(H,28,32). The highest BCUT2D eigenvalue weighted by atomic mass is 16.5. The Balaban J connectivity index is 1.23. The highest BCUT2D eigenvalue weighted by Gasteiger charge is 2.27. The van der Waals surface area contributed by atoms with Crippen LogP contribution in [0.3, 0.4) is 0 Å². The Morgan fingerprint density at radius 2 is 1.86 bits per heavy atom. The lowest BCUT2D eigenvalue weighted by molar-refractivity contribution is -0.127. The zero-order valence-electron chi connectivity index (χ0n) is 21.3. The molecule has 1 aromatic heterocycles. The number of carbonyl (C=O) groups is 1. The Morgan fingerprint density at radius 3 is 2.58 bits per heavy atom. The summed E-state index contributed by atoms with van der Waals surface area (Å²) in [5.41, 5.74) is 1.87. The van der Waals surface area contributed by atoms with Crippen LogP contribution in [0.1, 0.15) is 31.2 Å². The smallest absolute Gasteiger partial charge is 0.241 e. The predicted octanol–water partition coefficient (Wildman–Crippen LogP) is 3.86. The van der Waals surface area contributed by atoms with Crippen LogP contribution >= 0.6 is 0 Å². The van der Waals surface area contributed by atoms with E-state index in [1.54, 1.807) is 14.2 Å². The van der Waals surface area contributed by atoms with E-state index in [1.807, 2.05) is 56.3 Å². The first kappa shape index (κ1) is 25.5. The van der Waals surface area contributed by atoms with Crippen LogP contribution in [0.5, 0.6) is 17.2 Å². The number of amides is 1. The summed E-state index contributed by atoms with van der Waals surface area (Å²) in [6.45, 7) is 6.55. The quantitative estimate of drug-likeness (QED) is 0.454. The molecule has 1 aliphatic heterocycles. The number of nitrogens with one attached hydrogen (secondary N) is 1. The minimum absolute atomic E-state index is 0.00725. The third-order valence-electron chi connectivity index (χ3n) is 6.40. The van der Waals surface area contributed by atoms with Gasteiger partial charge in [-0.2, -0.15) is 4.98 Å². The number of likely N-dealkylation sites (tertiary alicyclic amines) is 1. The summed E-state index contributed by atoms with van der Waals surface area (Å²) in [6, 6.07) is 13.3. The second-order valence-electron chi connectivity index (χ2n) is 9.12. The first-order valence-electron chi connectivity index (χ1n) is 12.2. The van der Waals surface area contributed by atoms with Crippen LogP contribution in [0.15, 0.2) is 47.0 Å². The van der Waals surface area contributed by atoms with Gasteiger partial charge in [0, 0.05) is 11.5 Å². The molecule has 0 saturated carbocycles. The van der Waals surface area contributed by atoms with Crippen molar-refractivity contribution in [3.63, 3.8) is 0 Å². The largest absolute Gasteiger partial charge is 0.493 e. The van der Waals surface area contributed by atoms with Crippen LogP contribution in [0.25, 0.3) is 11.4 Å². The van der Waals surface area contributed by atoms with Crippen molar-refractivity contribution < 1.29 is 23.5 Å². The summed E-state index contributed by atoms with van der Waals surface area (Å²) in [4.78, 5) is 19.5. The van der Waals surface area contributed by atoms with E-state index in [-0.39, 0.29) is 17.9 Å². The maximum absolute atomic E-state index is 12.8. The van der Waals surface area contributed by atoms with Crippen LogP contribution in [0.4, 0.5) is 0 Å². The van der Waals surface area contributed by atoms with E-state index >= 15 is 0 Å². The van der Waals surface area contributed by atoms with Crippen molar-refractivity contribution in [2.45, 2.75) is 39.3 Å². The average Bonchev–Trinajstić information content (AvgIpc) is 3.36. The minimum Gasteiger partial charge on any atom is -0.493 e. The van der Waals surface area contributed by atoms with Crippen molar-refractivity contribution in [3.8, 4) is 28.6 Å². The molecule has 2 aromatic carbocycles. The molecule has 0 radical (unpaired) electrons. The lowest BCUT2D eigenvalue weighted by Crippen LogP contribution is -2.44. The summed E-state index contributed by atoms with van der Waals surface area (Å²) < 4.78 is 22.0. The molecule has 4 rings (SSSR count).